The summed E-state index contributed by atoms with van der Waals surface area (Å²) in [5, 5.41) is 10.5. The molecule has 0 unspecified atom stereocenters. The first kappa shape index (κ1) is 22.4. The van der Waals surface area contributed by atoms with Crippen LogP contribution in [0.25, 0.3) is 6.08 Å². The van der Waals surface area contributed by atoms with Crippen molar-refractivity contribution in [3.63, 3.8) is 0 Å². The number of anilines is 1. The zero-order chi connectivity index (χ0) is 23.4. The summed E-state index contributed by atoms with van der Waals surface area (Å²) < 4.78 is 12.2. The van der Waals surface area contributed by atoms with Crippen LogP contribution in [-0.4, -0.2) is 18.9 Å². The largest absolute Gasteiger partial charge is 0.493 e. The van der Waals surface area contributed by atoms with E-state index >= 15 is 0 Å². The van der Waals surface area contributed by atoms with Gasteiger partial charge in [0.1, 0.15) is 12.2 Å². The van der Waals surface area contributed by atoms with Crippen molar-refractivity contribution >= 4 is 46.2 Å². The van der Waals surface area contributed by atoms with E-state index in [1.807, 2.05) is 18.2 Å². The second-order valence-electron chi connectivity index (χ2n) is 7.07. The number of rotatable bonds is 6. The quantitative estimate of drug-likeness (QED) is 0.282. The summed E-state index contributed by atoms with van der Waals surface area (Å²) in [7, 11) is 1.52. The van der Waals surface area contributed by atoms with Crippen LogP contribution in [0.2, 0.25) is 0 Å². The fraction of sp³-hybridized carbons (Fsp3) is 0.0800. The van der Waals surface area contributed by atoms with Crippen molar-refractivity contribution in [2.45, 2.75) is 6.61 Å². The molecule has 0 saturated carbocycles. The van der Waals surface area contributed by atoms with Gasteiger partial charge in [-0.15, -0.1) is 0 Å². The number of hydrazine groups is 1. The number of hydrogen-bond donors (Lipinski definition) is 1. The van der Waals surface area contributed by atoms with Gasteiger partial charge in [-0.25, -0.2) is 5.01 Å². The molecule has 7 nitrogen and oxygen atoms in total. The van der Waals surface area contributed by atoms with Gasteiger partial charge in [0.2, 0.25) is 0 Å². The van der Waals surface area contributed by atoms with E-state index in [9.17, 15) is 14.9 Å². The maximum absolute atomic E-state index is 12.8. The van der Waals surface area contributed by atoms with Crippen LogP contribution < -0.4 is 19.9 Å². The van der Waals surface area contributed by atoms with Crippen LogP contribution >= 0.6 is 22.6 Å². The molecular formula is C25H18IN3O4. The van der Waals surface area contributed by atoms with E-state index in [4.69, 9.17) is 9.47 Å². The molecule has 1 saturated heterocycles. The lowest BCUT2D eigenvalue weighted by Crippen LogP contribution is -2.35. The Morgan fingerprint density at radius 2 is 1.82 bits per heavy atom. The molecule has 33 heavy (non-hydrogen) atoms. The summed E-state index contributed by atoms with van der Waals surface area (Å²) in [4.78, 5) is 25.3. The average molecular weight is 551 g/mol. The number of carbonyl (C=O) groups excluding carboxylic acids is 2. The number of nitriles is 1. The summed E-state index contributed by atoms with van der Waals surface area (Å²) in [6.07, 6.45) is 1.53. The van der Waals surface area contributed by atoms with E-state index in [-0.39, 0.29) is 12.2 Å². The second-order valence-corrected chi connectivity index (χ2v) is 8.23. The molecule has 1 fully saturated rings. The SMILES string of the molecule is COc1cc(C=C2C(=O)NN(c3ccccc3)C2=O)cc(I)c1OCc1ccccc1C#N. The molecule has 164 valence electrons. The monoisotopic (exact) mass is 551 g/mol. The number of nitrogens with zero attached hydrogens (tertiary/aromatic N) is 2. The highest BCUT2D eigenvalue weighted by Crippen LogP contribution is 2.35. The smallest absolute Gasteiger partial charge is 0.282 e. The van der Waals surface area contributed by atoms with Gasteiger partial charge < -0.3 is 9.47 Å². The molecule has 0 aromatic heterocycles. The lowest BCUT2D eigenvalue weighted by atomic mass is 10.1. The molecule has 0 bridgehead atoms. The molecule has 4 rings (SSSR count). The number of ether oxygens (including phenoxy) is 2. The third-order valence-corrected chi connectivity index (χ3v) is 5.78. The van der Waals surface area contributed by atoms with Crippen LogP contribution in [0.3, 0.4) is 0 Å². The summed E-state index contributed by atoms with van der Waals surface area (Å²) in [6, 6.07) is 21.8. The molecule has 2 amide bonds. The van der Waals surface area contributed by atoms with E-state index in [2.05, 4.69) is 34.1 Å². The first-order valence-corrected chi connectivity index (χ1v) is 11.0. The van der Waals surface area contributed by atoms with Gasteiger partial charge in [-0.1, -0.05) is 36.4 Å². The van der Waals surface area contributed by atoms with Crippen molar-refractivity contribution in [3.8, 4) is 17.6 Å². The molecule has 3 aromatic carbocycles. The maximum atomic E-state index is 12.8. The minimum absolute atomic E-state index is 0.0216. The molecule has 1 aliphatic rings. The van der Waals surface area contributed by atoms with Crippen LogP contribution in [-0.2, 0) is 16.2 Å². The van der Waals surface area contributed by atoms with Gasteiger partial charge in [0.25, 0.3) is 11.8 Å². The molecule has 0 spiro atoms. The van der Waals surface area contributed by atoms with Gasteiger partial charge in [0.05, 0.1) is 28.0 Å². The summed E-state index contributed by atoms with van der Waals surface area (Å²) in [5.74, 6) is 0.0509. The van der Waals surface area contributed by atoms with Gasteiger partial charge >= 0.3 is 0 Å². The Morgan fingerprint density at radius 3 is 2.55 bits per heavy atom. The zero-order valence-corrected chi connectivity index (χ0v) is 19.7. The Bertz CT molecular complexity index is 1300. The Morgan fingerprint density at radius 1 is 1.09 bits per heavy atom. The number of amides is 2. The molecule has 1 aliphatic heterocycles. The van der Waals surface area contributed by atoms with E-state index in [0.717, 1.165) is 9.13 Å². The van der Waals surface area contributed by atoms with Gasteiger partial charge in [-0.2, -0.15) is 5.26 Å². The fourth-order valence-corrected chi connectivity index (χ4v) is 4.13. The van der Waals surface area contributed by atoms with Gasteiger partial charge in [-0.05, 0) is 64.6 Å². The van der Waals surface area contributed by atoms with Crippen molar-refractivity contribution in [1.29, 1.82) is 5.26 Å². The van der Waals surface area contributed by atoms with E-state index in [1.54, 1.807) is 48.5 Å². The van der Waals surface area contributed by atoms with Crippen LogP contribution in [0.15, 0.2) is 72.3 Å². The number of para-hydroxylation sites is 1. The summed E-state index contributed by atoms with van der Waals surface area (Å²) >= 11 is 2.11. The minimum atomic E-state index is -0.480. The highest BCUT2D eigenvalue weighted by molar-refractivity contribution is 14.1. The van der Waals surface area contributed by atoms with Crippen molar-refractivity contribution in [2.24, 2.45) is 0 Å². The minimum Gasteiger partial charge on any atom is -0.493 e. The number of carbonyl (C=O) groups is 2. The predicted octanol–water partition coefficient (Wildman–Crippen LogP) is 4.21. The number of hydrogen-bond acceptors (Lipinski definition) is 5. The lowest BCUT2D eigenvalue weighted by Gasteiger charge is -2.14. The number of benzene rings is 3. The molecule has 1 heterocycles. The Balaban J connectivity index is 1.60. The Hall–Kier alpha value is -3.84. The standard InChI is InChI=1S/C25H18IN3O4/c1-32-22-13-16(11-20-24(30)28-29(25(20)31)19-9-3-2-4-10-19)12-21(26)23(22)33-15-18-8-6-5-7-17(18)14-27/h2-13H,15H2,1H3,(H,28,30). The first-order chi connectivity index (χ1) is 16.0. The van der Waals surface area contributed by atoms with Gasteiger partial charge in [0.15, 0.2) is 11.5 Å². The lowest BCUT2D eigenvalue weighted by molar-refractivity contribution is -0.117. The van der Waals surface area contributed by atoms with Crippen molar-refractivity contribution in [1.82, 2.24) is 5.43 Å². The number of methoxy groups -OCH3 is 1. The summed E-state index contributed by atoms with van der Waals surface area (Å²) in [6.45, 7) is 0.198. The van der Waals surface area contributed by atoms with E-state index < -0.39 is 11.8 Å². The molecule has 0 aliphatic carbocycles. The second kappa shape index (κ2) is 9.75. The van der Waals surface area contributed by atoms with E-state index in [1.165, 1.54) is 18.2 Å². The molecule has 8 heteroatoms. The highest BCUT2D eigenvalue weighted by Gasteiger charge is 2.34. The average Bonchev–Trinajstić information content (AvgIpc) is 3.12. The molecular weight excluding hydrogens is 533 g/mol. The molecule has 0 radical (unpaired) electrons. The fourth-order valence-electron chi connectivity index (χ4n) is 3.35. The third-order valence-electron chi connectivity index (χ3n) is 4.98. The normalized spacial score (nSPS) is 14.2. The van der Waals surface area contributed by atoms with Crippen molar-refractivity contribution < 1.29 is 19.1 Å². The van der Waals surface area contributed by atoms with Crippen molar-refractivity contribution in [2.75, 3.05) is 12.1 Å². The molecule has 3 aromatic rings. The highest BCUT2D eigenvalue weighted by atomic mass is 127. The first-order valence-electron chi connectivity index (χ1n) is 9.92. The predicted molar refractivity (Wildman–Crippen MR) is 131 cm³/mol. The van der Waals surface area contributed by atoms with Gasteiger partial charge in [-0.3, -0.25) is 15.0 Å². The van der Waals surface area contributed by atoms with Crippen LogP contribution in [0.5, 0.6) is 11.5 Å². The Kier molecular flexibility index (Phi) is 6.60. The summed E-state index contributed by atoms with van der Waals surface area (Å²) in [5.41, 5.74) is 5.11. The number of halogens is 1. The van der Waals surface area contributed by atoms with Crippen LogP contribution in [0, 0.1) is 14.9 Å². The third kappa shape index (κ3) is 4.68. The maximum Gasteiger partial charge on any atom is 0.282 e. The molecule has 1 N–H and O–H groups in total. The van der Waals surface area contributed by atoms with Crippen LogP contribution in [0.4, 0.5) is 5.69 Å². The Labute approximate surface area is 204 Å². The molecule has 0 atom stereocenters. The van der Waals surface area contributed by atoms with Gasteiger partial charge in [0, 0.05) is 5.56 Å². The topological polar surface area (TPSA) is 91.7 Å². The van der Waals surface area contributed by atoms with Crippen molar-refractivity contribution in [3.05, 3.63) is 92.6 Å². The van der Waals surface area contributed by atoms with Crippen LogP contribution in [0.1, 0.15) is 16.7 Å². The zero-order valence-electron chi connectivity index (χ0n) is 17.5. The number of nitrogens with one attached hydrogen (secondary N) is 1. The van der Waals surface area contributed by atoms with E-state index in [0.29, 0.717) is 28.3 Å².